The molecule has 3 nitrogen and oxygen atoms in total. The molecule has 0 aromatic rings. The molecule has 0 aromatic heterocycles. The predicted octanol–water partition coefficient (Wildman–Crippen LogP) is -1.03. The molecule has 0 saturated carbocycles. The van der Waals surface area contributed by atoms with Crippen LogP contribution < -0.4 is 0 Å². The smallest absolute Gasteiger partial charge is 0.147 e. The summed E-state index contributed by atoms with van der Waals surface area (Å²) < 4.78 is 9.60. The molecule has 4 heteroatoms. The molecule has 43 valence electrons. The summed E-state index contributed by atoms with van der Waals surface area (Å²) in [5, 5.41) is 8.36. The van der Waals surface area contributed by atoms with Crippen molar-refractivity contribution in [3.8, 4) is 0 Å². The summed E-state index contributed by atoms with van der Waals surface area (Å²) >= 11 is 0. The number of hydrogen-bond acceptors (Lipinski definition) is 3. The second-order valence-corrected chi connectivity index (χ2v) is 1.46. The van der Waals surface area contributed by atoms with Crippen LogP contribution >= 0.6 is 0 Å². The summed E-state index contributed by atoms with van der Waals surface area (Å²) in [4.78, 5) is 0. The van der Waals surface area contributed by atoms with Gasteiger partial charge in [0.2, 0.25) is 0 Å². The van der Waals surface area contributed by atoms with Crippen molar-refractivity contribution >= 4 is 29.6 Å². The fraction of sp³-hybridized carbons (Fsp3) is 1.00. The fourth-order valence-electron chi connectivity index (χ4n) is 0.477. The number of aliphatic hydroxyl groups is 1. The second-order valence-electron chi connectivity index (χ2n) is 1.46. The SMILES string of the molecule is OCC1COCO1.[Na]. The van der Waals surface area contributed by atoms with Gasteiger partial charge in [0.15, 0.2) is 0 Å². The van der Waals surface area contributed by atoms with Gasteiger partial charge in [-0.25, -0.2) is 0 Å². The average Bonchev–Trinajstić information content (AvgIpc) is 2.14. The fourth-order valence-corrected chi connectivity index (χ4v) is 0.477. The third-order valence-corrected chi connectivity index (χ3v) is 0.894. The molecule has 1 saturated heterocycles. The maximum Gasteiger partial charge on any atom is 0.147 e. The van der Waals surface area contributed by atoms with Gasteiger partial charge < -0.3 is 14.6 Å². The standard InChI is InChI=1S/C4H8O3.Na/c5-1-4-2-6-3-7-4;/h4-5H,1-3H2;. The minimum atomic E-state index is -0.0694. The first-order valence-corrected chi connectivity index (χ1v) is 2.23. The molecule has 0 aromatic carbocycles. The molecule has 1 heterocycles. The molecule has 1 fully saturated rings. The molecule has 8 heavy (non-hydrogen) atoms. The van der Waals surface area contributed by atoms with Crippen LogP contribution in [0.25, 0.3) is 0 Å². The number of ether oxygens (including phenoxy) is 2. The Morgan fingerprint density at radius 1 is 1.62 bits per heavy atom. The van der Waals surface area contributed by atoms with E-state index >= 15 is 0 Å². The predicted molar refractivity (Wildman–Crippen MR) is 28.5 cm³/mol. The monoisotopic (exact) mass is 127 g/mol. The van der Waals surface area contributed by atoms with Gasteiger partial charge in [-0.3, -0.25) is 0 Å². The second kappa shape index (κ2) is 4.73. The van der Waals surface area contributed by atoms with Crippen LogP contribution in [0.3, 0.4) is 0 Å². The third kappa shape index (κ3) is 2.44. The Balaban J connectivity index is 0.000000490. The molecule has 1 N–H and O–H groups in total. The van der Waals surface area contributed by atoms with Crippen LogP contribution in [0, 0.1) is 0 Å². The average molecular weight is 127 g/mol. The minimum Gasteiger partial charge on any atom is -0.394 e. The van der Waals surface area contributed by atoms with Gasteiger partial charge in [-0.2, -0.15) is 0 Å². The zero-order valence-corrected chi connectivity index (χ0v) is 6.96. The van der Waals surface area contributed by atoms with Crippen molar-refractivity contribution in [2.75, 3.05) is 20.0 Å². The van der Waals surface area contributed by atoms with Crippen molar-refractivity contribution < 1.29 is 14.6 Å². The van der Waals surface area contributed by atoms with E-state index in [2.05, 4.69) is 0 Å². The van der Waals surface area contributed by atoms with Crippen molar-refractivity contribution in [2.24, 2.45) is 0 Å². The number of rotatable bonds is 1. The summed E-state index contributed by atoms with van der Waals surface area (Å²) in [5.74, 6) is 0. The molecule has 0 aliphatic carbocycles. The van der Waals surface area contributed by atoms with E-state index in [1.165, 1.54) is 0 Å². The first-order chi connectivity index (χ1) is 3.43. The van der Waals surface area contributed by atoms with Gasteiger partial charge in [-0.1, -0.05) is 0 Å². The quantitative estimate of drug-likeness (QED) is 0.458. The van der Waals surface area contributed by atoms with Crippen molar-refractivity contribution in [1.29, 1.82) is 0 Å². The molecule has 1 aliphatic heterocycles. The van der Waals surface area contributed by atoms with E-state index in [1.807, 2.05) is 0 Å². The molecule has 1 atom stereocenters. The zero-order chi connectivity index (χ0) is 5.11. The topological polar surface area (TPSA) is 38.7 Å². The van der Waals surface area contributed by atoms with Crippen molar-refractivity contribution in [3.05, 3.63) is 0 Å². The molecular formula is C4H8NaO3. The van der Waals surface area contributed by atoms with Gasteiger partial charge in [-0.15, -0.1) is 0 Å². The minimum absolute atomic E-state index is 0. The normalized spacial score (nSPS) is 27.4. The van der Waals surface area contributed by atoms with Crippen LogP contribution in [0.15, 0.2) is 0 Å². The molecule has 1 unspecified atom stereocenters. The first kappa shape index (κ1) is 8.88. The first-order valence-electron chi connectivity index (χ1n) is 2.23. The molecule has 1 aliphatic rings. The third-order valence-electron chi connectivity index (χ3n) is 0.894. The van der Waals surface area contributed by atoms with E-state index in [0.717, 1.165) is 0 Å². The van der Waals surface area contributed by atoms with Crippen molar-refractivity contribution in [2.45, 2.75) is 6.10 Å². The summed E-state index contributed by atoms with van der Waals surface area (Å²) in [7, 11) is 0. The Labute approximate surface area is 70.3 Å². The molecule has 0 spiro atoms. The molecule has 0 amide bonds. The van der Waals surface area contributed by atoms with Crippen LogP contribution in [0.4, 0.5) is 0 Å². The molecule has 1 rings (SSSR count). The van der Waals surface area contributed by atoms with E-state index in [4.69, 9.17) is 14.6 Å². The van der Waals surface area contributed by atoms with Crippen LogP contribution in [0.1, 0.15) is 0 Å². The Hall–Kier alpha value is 0.880. The molecule has 0 bridgehead atoms. The summed E-state index contributed by atoms with van der Waals surface area (Å²) in [6, 6.07) is 0. The van der Waals surface area contributed by atoms with E-state index in [-0.39, 0.29) is 42.3 Å². The van der Waals surface area contributed by atoms with Gasteiger partial charge >= 0.3 is 0 Å². The van der Waals surface area contributed by atoms with Gasteiger partial charge in [0.25, 0.3) is 0 Å². The van der Waals surface area contributed by atoms with E-state index in [9.17, 15) is 0 Å². The largest absolute Gasteiger partial charge is 0.394 e. The molecular weight excluding hydrogens is 119 g/mol. The summed E-state index contributed by atoms with van der Waals surface area (Å²) in [6.07, 6.45) is -0.0694. The van der Waals surface area contributed by atoms with Crippen LogP contribution in [0.2, 0.25) is 0 Å². The Morgan fingerprint density at radius 2 is 2.38 bits per heavy atom. The van der Waals surface area contributed by atoms with Crippen LogP contribution in [-0.2, 0) is 9.47 Å². The molecule has 1 radical (unpaired) electrons. The van der Waals surface area contributed by atoms with Crippen molar-refractivity contribution in [1.82, 2.24) is 0 Å². The summed E-state index contributed by atoms with van der Waals surface area (Å²) in [6.45, 7) is 0.946. The Bertz CT molecular complexity index is 53.2. The maximum atomic E-state index is 8.36. The Morgan fingerprint density at radius 3 is 2.62 bits per heavy atom. The maximum absolute atomic E-state index is 8.36. The van der Waals surface area contributed by atoms with Crippen LogP contribution in [0.5, 0.6) is 0 Å². The van der Waals surface area contributed by atoms with Crippen LogP contribution in [-0.4, -0.2) is 60.8 Å². The Kier molecular flexibility index (Phi) is 5.25. The van der Waals surface area contributed by atoms with Gasteiger partial charge in [-0.05, 0) is 0 Å². The van der Waals surface area contributed by atoms with Gasteiger partial charge in [0.1, 0.15) is 12.9 Å². The summed E-state index contributed by atoms with van der Waals surface area (Å²) in [5.41, 5.74) is 0. The number of hydrogen-bond donors (Lipinski definition) is 1. The van der Waals surface area contributed by atoms with E-state index < -0.39 is 0 Å². The van der Waals surface area contributed by atoms with E-state index in [1.54, 1.807) is 0 Å². The zero-order valence-electron chi connectivity index (χ0n) is 4.96. The van der Waals surface area contributed by atoms with Crippen molar-refractivity contribution in [3.63, 3.8) is 0 Å². The van der Waals surface area contributed by atoms with Gasteiger partial charge in [0, 0.05) is 29.6 Å². The van der Waals surface area contributed by atoms with Gasteiger partial charge in [0.05, 0.1) is 13.2 Å². The number of aliphatic hydroxyl groups excluding tert-OH is 1. The van der Waals surface area contributed by atoms with E-state index in [0.29, 0.717) is 13.4 Å².